The maximum atomic E-state index is 4.54. The van der Waals surface area contributed by atoms with Crippen LogP contribution < -0.4 is 0 Å². The van der Waals surface area contributed by atoms with E-state index in [9.17, 15) is 0 Å². The van der Waals surface area contributed by atoms with Crippen LogP contribution in [0.5, 0.6) is 0 Å². The summed E-state index contributed by atoms with van der Waals surface area (Å²) < 4.78 is 0. The SMILES string of the molecule is Cc1ccc(CN=C=S)cc1CN=C=S. The van der Waals surface area contributed by atoms with Gasteiger partial charge in [-0.1, -0.05) is 18.2 Å². The summed E-state index contributed by atoms with van der Waals surface area (Å²) in [4.78, 5) is 7.81. The zero-order valence-electron chi connectivity index (χ0n) is 8.36. The van der Waals surface area contributed by atoms with Crippen LogP contribution in [0.1, 0.15) is 16.7 Å². The number of aliphatic imine (C=N–C) groups is 2. The molecular formula is C11H10N2S2. The van der Waals surface area contributed by atoms with Crippen molar-refractivity contribution < 1.29 is 0 Å². The van der Waals surface area contributed by atoms with Crippen LogP contribution >= 0.6 is 24.4 Å². The van der Waals surface area contributed by atoms with Gasteiger partial charge in [-0.15, -0.1) is 0 Å². The largest absolute Gasteiger partial charge is 0.228 e. The summed E-state index contributed by atoms with van der Waals surface area (Å²) in [5, 5.41) is 4.71. The van der Waals surface area contributed by atoms with E-state index in [1.54, 1.807) is 0 Å². The van der Waals surface area contributed by atoms with Crippen LogP contribution in [0.25, 0.3) is 0 Å². The molecule has 0 aliphatic rings. The van der Waals surface area contributed by atoms with Crippen molar-refractivity contribution in [2.45, 2.75) is 20.0 Å². The summed E-state index contributed by atoms with van der Waals surface area (Å²) >= 11 is 9.06. The van der Waals surface area contributed by atoms with Crippen molar-refractivity contribution in [2.75, 3.05) is 0 Å². The Morgan fingerprint density at radius 2 is 1.80 bits per heavy atom. The van der Waals surface area contributed by atoms with E-state index in [-0.39, 0.29) is 0 Å². The van der Waals surface area contributed by atoms with Gasteiger partial charge < -0.3 is 0 Å². The van der Waals surface area contributed by atoms with Gasteiger partial charge in [0.2, 0.25) is 0 Å². The van der Waals surface area contributed by atoms with Crippen molar-refractivity contribution in [1.29, 1.82) is 0 Å². The second-order valence-corrected chi connectivity index (χ2v) is 3.44. The molecule has 0 bridgehead atoms. The van der Waals surface area contributed by atoms with E-state index in [0.717, 1.165) is 11.1 Å². The lowest BCUT2D eigenvalue weighted by Gasteiger charge is -2.04. The van der Waals surface area contributed by atoms with Gasteiger partial charge in [0.25, 0.3) is 0 Å². The Kier molecular flexibility index (Phi) is 5.02. The van der Waals surface area contributed by atoms with Crippen LogP contribution in [0.2, 0.25) is 0 Å². The lowest BCUT2D eigenvalue weighted by Crippen LogP contribution is -1.90. The number of aryl methyl sites for hydroxylation is 1. The molecule has 0 N–H and O–H groups in total. The Morgan fingerprint density at radius 1 is 1.13 bits per heavy atom. The minimum absolute atomic E-state index is 0.568. The van der Waals surface area contributed by atoms with E-state index in [4.69, 9.17) is 0 Å². The van der Waals surface area contributed by atoms with E-state index in [1.165, 1.54) is 5.56 Å². The molecule has 0 heterocycles. The Labute approximate surface area is 99.8 Å². The first-order chi connectivity index (χ1) is 7.27. The maximum absolute atomic E-state index is 4.54. The van der Waals surface area contributed by atoms with Gasteiger partial charge in [-0.05, 0) is 48.0 Å². The zero-order valence-corrected chi connectivity index (χ0v) is 9.99. The summed E-state index contributed by atoms with van der Waals surface area (Å²) in [5.41, 5.74) is 3.44. The van der Waals surface area contributed by atoms with E-state index in [2.05, 4.69) is 50.8 Å². The topological polar surface area (TPSA) is 24.7 Å². The van der Waals surface area contributed by atoms with Gasteiger partial charge in [0.05, 0.1) is 23.4 Å². The summed E-state index contributed by atoms with van der Waals surface area (Å²) in [6, 6.07) is 6.13. The lowest BCUT2D eigenvalue weighted by molar-refractivity contribution is 1.02. The molecule has 0 aliphatic heterocycles. The third kappa shape index (κ3) is 3.82. The third-order valence-corrected chi connectivity index (χ3v) is 2.31. The summed E-state index contributed by atoms with van der Waals surface area (Å²) in [6.07, 6.45) is 0. The van der Waals surface area contributed by atoms with Crippen LogP contribution in [-0.4, -0.2) is 10.3 Å². The van der Waals surface area contributed by atoms with Gasteiger partial charge in [0, 0.05) is 0 Å². The molecule has 0 amide bonds. The molecule has 0 radical (unpaired) electrons. The normalized spacial score (nSPS) is 8.87. The number of benzene rings is 1. The van der Waals surface area contributed by atoms with Crippen molar-refractivity contribution in [3.63, 3.8) is 0 Å². The summed E-state index contributed by atoms with van der Waals surface area (Å²) in [7, 11) is 0. The number of hydrogen-bond acceptors (Lipinski definition) is 4. The van der Waals surface area contributed by atoms with E-state index >= 15 is 0 Å². The second kappa shape index (κ2) is 6.33. The first kappa shape index (κ1) is 11.9. The molecule has 4 heteroatoms. The Balaban J connectivity index is 2.93. The average molecular weight is 234 g/mol. The van der Waals surface area contributed by atoms with Crippen LogP contribution in [0, 0.1) is 6.92 Å². The molecule has 2 nitrogen and oxygen atoms in total. The van der Waals surface area contributed by atoms with Crippen LogP contribution in [0.3, 0.4) is 0 Å². The van der Waals surface area contributed by atoms with Gasteiger partial charge in [-0.3, -0.25) is 0 Å². The molecule has 0 aromatic heterocycles. The fourth-order valence-corrected chi connectivity index (χ4v) is 1.36. The Hall–Kier alpha value is -1.18. The van der Waals surface area contributed by atoms with Crippen molar-refractivity contribution in [1.82, 2.24) is 0 Å². The lowest BCUT2D eigenvalue weighted by atomic mass is 10.1. The maximum Gasteiger partial charge on any atom is 0.0746 e. The van der Waals surface area contributed by atoms with Gasteiger partial charge >= 0.3 is 0 Å². The van der Waals surface area contributed by atoms with Gasteiger partial charge in [0.1, 0.15) is 0 Å². The molecule has 0 spiro atoms. The molecule has 0 fully saturated rings. The molecule has 0 aliphatic carbocycles. The highest BCUT2D eigenvalue weighted by atomic mass is 32.1. The summed E-state index contributed by atoms with van der Waals surface area (Å²) in [6.45, 7) is 3.18. The van der Waals surface area contributed by atoms with Crippen molar-refractivity contribution in [3.05, 3.63) is 34.9 Å². The van der Waals surface area contributed by atoms with Gasteiger partial charge in [-0.2, -0.15) is 0 Å². The Bertz CT molecular complexity index is 442. The minimum Gasteiger partial charge on any atom is -0.228 e. The van der Waals surface area contributed by atoms with Crippen LogP contribution in [0.15, 0.2) is 28.2 Å². The number of hydrogen-bond donors (Lipinski definition) is 0. The number of thiocarbonyl (C=S) groups is 2. The van der Waals surface area contributed by atoms with Gasteiger partial charge in [-0.25, -0.2) is 9.98 Å². The van der Waals surface area contributed by atoms with E-state index in [1.807, 2.05) is 19.1 Å². The monoisotopic (exact) mass is 234 g/mol. The van der Waals surface area contributed by atoms with Crippen molar-refractivity contribution in [2.24, 2.45) is 9.98 Å². The number of isothiocyanates is 2. The molecule has 1 rings (SSSR count). The number of rotatable bonds is 4. The molecule has 0 unspecified atom stereocenters. The van der Waals surface area contributed by atoms with Crippen LogP contribution in [-0.2, 0) is 13.1 Å². The fourth-order valence-electron chi connectivity index (χ4n) is 1.23. The quantitative estimate of drug-likeness (QED) is 0.590. The van der Waals surface area contributed by atoms with E-state index < -0.39 is 0 Å². The van der Waals surface area contributed by atoms with E-state index in [0.29, 0.717) is 13.1 Å². The highest BCUT2D eigenvalue weighted by Crippen LogP contribution is 2.13. The standard InChI is InChI=1S/C11H10N2S2/c1-9-2-3-10(5-12-7-14)4-11(9)6-13-8-15/h2-4H,5-6H2,1H3. The first-order valence-corrected chi connectivity index (χ1v) is 5.25. The minimum atomic E-state index is 0.568. The molecule has 76 valence electrons. The second-order valence-electron chi connectivity index (χ2n) is 3.08. The predicted octanol–water partition coefficient (Wildman–Crippen LogP) is 3.20. The first-order valence-electron chi connectivity index (χ1n) is 4.43. The number of nitrogens with zero attached hydrogens (tertiary/aromatic N) is 2. The molecule has 15 heavy (non-hydrogen) atoms. The van der Waals surface area contributed by atoms with Gasteiger partial charge in [0.15, 0.2) is 0 Å². The summed E-state index contributed by atoms with van der Waals surface area (Å²) in [5.74, 6) is 0. The van der Waals surface area contributed by atoms with Crippen molar-refractivity contribution >= 4 is 34.8 Å². The fraction of sp³-hybridized carbons (Fsp3) is 0.273. The Morgan fingerprint density at radius 3 is 2.47 bits per heavy atom. The van der Waals surface area contributed by atoms with Crippen LogP contribution in [0.4, 0.5) is 0 Å². The highest BCUT2D eigenvalue weighted by Gasteiger charge is 1.99. The molecule has 0 atom stereocenters. The zero-order chi connectivity index (χ0) is 11.1. The molecule has 0 saturated carbocycles. The average Bonchev–Trinajstić information content (AvgIpc) is 2.26. The molecule has 1 aromatic rings. The predicted molar refractivity (Wildman–Crippen MR) is 68.6 cm³/mol. The highest BCUT2D eigenvalue weighted by molar-refractivity contribution is 7.78. The third-order valence-electron chi connectivity index (χ3n) is 2.05. The molecule has 1 aromatic carbocycles. The smallest absolute Gasteiger partial charge is 0.0746 e. The van der Waals surface area contributed by atoms with Crippen molar-refractivity contribution in [3.8, 4) is 0 Å². The molecule has 0 saturated heterocycles. The molecular weight excluding hydrogens is 224 g/mol.